The highest BCUT2D eigenvalue weighted by atomic mass is 19.1. The summed E-state index contributed by atoms with van der Waals surface area (Å²) >= 11 is 0. The Kier molecular flexibility index (Phi) is 6.11. The lowest BCUT2D eigenvalue weighted by molar-refractivity contribution is 0.0955. The van der Waals surface area contributed by atoms with E-state index in [0.29, 0.717) is 22.6 Å². The SMILES string of the molecule is COc1ccc(/C(C)=N\NC(=O)c2ccc(OC(C)C)cc2)cc1F. The van der Waals surface area contributed by atoms with Crippen LogP contribution in [0, 0.1) is 5.82 Å². The number of halogens is 1. The van der Waals surface area contributed by atoms with Gasteiger partial charge < -0.3 is 9.47 Å². The number of hydrogen-bond acceptors (Lipinski definition) is 4. The second-order valence-corrected chi connectivity index (χ2v) is 5.68. The first-order valence-electron chi connectivity index (χ1n) is 7.86. The van der Waals surface area contributed by atoms with E-state index in [1.54, 1.807) is 37.3 Å². The number of amides is 1. The van der Waals surface area contributed by atoms with Crippen LogP contribution in [-0.2, 0) is 0 Å². The second-order valence-electron chi connectivity index (χ2n) is 5.68. The maximum atomic E-state index is 13.7. The van der Waals surface area contributed by atoms with Gasteiger partial charge in [0.05, 0.1) is 18.9 Å². The molecule has 0 aliphatic rings. The Balaban J connectivity index is 2.04. The molecule has 6 heteroatoms. The van der Waals surface area contributed by atoms with E-state index < -0.39 is 5.82 Å². The van der Waals surface area contributed by atoms with Crippen molar-refractivity contribution in [1.29, 1.82) is 0 Å². The number of ether oxygens (including phenoxy) is 2. The molecule has 0 radical (unpaired) electrons. The van der Waals surface area contributed by atoms with Crippen LogP contribution in [0.5, 0.6) is 11.5 Å². The monoisotopic (exact) mass is 344 g/mol. The van der Waals surface area contributed by atoms with Crippen LogP contribution >= 0.6 is 0 Å². The molecule has 2 aromatic carbocycles. The molecule has 1 N–H and O–H groups in total. The number of methoxy groups -OCH3 is 1. The largest absolute Gasteiger partial charge is 0.494 e. The van der Waals surface area contributed by atoms with E-state index in [-0.39, 0.29) is 17.8 Å². The van der Waals surface area contributed by atoms with Crippen LogP contribution in [0.3, 0.4) is 0 Å². The first-order chi connectivity index (χ1) is 11.9. The molecular formula is C19H21FN2O3. The number of benzene rings is 2. The Morgan fingerprint density at radius 3 is 2.32 bits per heavy atom. The summed E-state index contributed by atoms with van der Waals surface area (Å²) < 4.78 is 24.1. The van der Waals surface area contributed by atoms with Gasteiger partial charge in [-0.1, -0.05) is 0 Å². The normalized spacial score (nSPS) is 11.4. The highest BCUT2D eigenvalue weighted by molar-refractivity contribution is 6.01. The third-order valence-corrected chi connectivity index (χ3v) is 3.38. The molecule has 0 aliphatic carbocycles. The van der Waals surface area contributed by atoms with Crippen molar-refractivity contribution in [3.63, 3.8) is 0 Å². The summed E-state index contributed by atoms with van der Waals surface area (Å²) in [5, 5.41) is 4.02. The number of carbonyl (C=O) groups excluding carboxylic acids is 1. The van der Waals surface area contributed by atoms with E-state index in [0.717, 1.165) is 0 Å². The lowest BCUT2D eigenvalue weighted by Crippen LogP contribution is -2.19. The number of carbonyl (C=O) groups is 1. The standard InChI is InChI=1S/C19H21FN2O3/c1-12(2)25-16-8-5-14(6-9-16)19(23)22-21-13(3)15-7-10-18(24-4)17(20)11-15/h5-12H,1-4H3,(H,22,23)/b21-13-. The highest BCUT2D eigenvalue weighted by Crippen LogP contribution is 2.18. The number of nitrogens with one attached hydrogen (secondary N) is 1. The van der Waals surface area contributed by atoms with Crippen LogP contribution in [0.1, 0.15) is 36.7 Å². The van der Waals surface area contributed by atoms with E-state index in [4.69, 9.17) is 9.47 Å². The fourth-order valence-corrected chi connectivity index (χ4v) is 2.11. The van der Waals surface area contributed by atoms with Gasteiger partial charge in [-0.2, -0.15) is 5.10 Å². The molecule has 0 saturated carbocycles. The molecule has 5 nitrogen and oxygen atoms in total. The minimum atomic E-state index is -0.485. The average molecular weight is 344 g/mol. The number of hydrogen-bond donors (Lipinski definition) is 1. The third-order valence-electron chi connectivity index (χ3n) is 3.38. The molecule has 0 aliphatic heterocycles. The summed E-state index contributed by atoms with van der Waals surface area (Å²) in [5.41, 5.74) is 3.95. The molecule has 0 bridgehead atoms. The molecule has 0 saturated heterocycles. The second kappa shape index (κ2) is 8.28. The van der Waals surface area contributed by atoms with Crippen LogP contribution in [-0.4, -0.2) is 24.8 Å². The zero-order valence-corrected chi connectivity index (χ0v) is 14.7. The van der Waals surface area contributed by atoms with Gasteiger partial charge in [-0.25, -0.2) is 9.82 Å². The minimum absolute atomic E-state index is 0.0665. The van der Waals surface area contributed by atoms with Gasteiger partial charge in [0.2, 0.25) is 0 Å². The van der Waals surface area contributed by atoms with Gasteiger partial charge in [0.1, 0.15) is 5.75 Å². The molecule has 0 aromatic heterocycles. The van der Waals surface area contributed by atoms with E-state index in [1.807, 2.05) is 13.8 Å². The molecule has 2 aromatic rings. The van der Waals surface area contributed by atoms with Gasteiger partial charge in [0, 0.05) is 11.1 Å². The van der Waals surface area contributed by atoms with Gasteiger partial charge in [0.25, 0.3) is 5.91 Å². The molecule has 0 spiro atoms. The minimum Gasteiger partial charge on any atom is -0.494 e. The Morgan fingerprint density at radius 2 is 1.76 bits per heavy atom. The van der Waals surface area contributed by atoms with Gasteiger partial charge in [-0.15, -0.1) is 0 Å². The van der Waals surface area contributed by atoms with Crippen molar-refractivity contribution in [1.82, 2.24) is 5.43 Å². The van der Waals surface area contributed by atoms with E-state index in [1.165, 1.54) is 19.2 Å². The fourth-order valence-electron chi connectivity index (χ4n) is 2.11. The number of hydrazone groups is 1. The molecule has 0 unspecified atom stereocenters. The summed E-state index contributed by atoms with van der Waals surface area (Å²) in [6.07, 6.45) is 0.0665. The van der Waals surface area contributed by atoms with Gasteiger partial charge in [0.15, 0.2) is 11.6 Å². The molecule has 2 rings (SSSR count). The van der Waals surface area contributed by atoms with Crippen LogP contribution in [0.25, 0.3) is 0 Å². The number of rotatable bonds is 6. The van der Waals surface area contributed by atoms with Crippen molar-refractivity contribution in [2.45, 2.75) is 26.9 Å². The predicted molar refractivity (Wildman–Crippen MR) is 94.8 cm³/mol. The molecule has 0 heterocycles. The maximum absolute atomic E-state index is 13.7. The molecule has 132 valence electrons. The van der Waals surface area contributed by atoms with Crippen molar-refractivity contribution in [2.75, 3.05) is 7.11 Å². The van der Waals surface area contributed by atoms with Crippen molar-refractivity contribution in [2.24, 2.45) is 5.10 Å². The number of nitrogens with zero attached hydrogens (tertiary/aromatic N) is 1. The Morgan fingerprint density at radius 1 is 1.12 bits per heavy atom. The maximum Gasteiger partial charge on any atom is 0.271 e. The zero-order valence-electron chi connectivity index (χ0n) is 14.7. The quantitative estimate of drug-likeness (QED) is 0.641. The summed E-state index contributed by atoms with van der Waals surface area (Å²) in [5.74, 6) is 0.00952. The lowest BCUT2D eigenvalue weighted by atomic mass is 10.1. The first kappa shape index (κ1) is 18.4. The smallest absolute Gasteiger partial charge is 0.271 e. The summed E-state index contributed by atoms with van der Waals surface area (Å²) in [7, 11) is 1.40. The Hall–Kier alpha value is -2.89. The van der Waals surface area contributed by atoms with Crippen LogP contribution < -0.4 is 14.9 Å². The van der Waals surface area contributed by atoms with Crippen molar-refractivity contribution in [3.8, 4) is 11.5 Å². The lowest BCUT2D eigenvalue weighted by Gasteiger charge is -2.09. The van der Waals surface area contributed by atoms with E-state index in [2.05, 4.69) is 10.5 Å². The van der Waals surface area contributed by atoms with Gasteiger partial charge >= 0.3 is 0 Å². The first-order valence-corrected chi connectivity index (χ1v) is 7.86. The fraction of sp³-hybridized carbons (Fsp3) is 0.263. The summed E-state index contributed by atoms with van der Waals surface area (Å²) in [4.78, 5) is 12.1. The van der Waals surface area contributed by atoms with Crippen LogP contribution in [0.4, 0.5) is 4.39 Å². The van der Waals surface area contributed by atoms with Crippen LogP contribution in [0.15, 0.2) is 47.6 Å². The van der Waals surface area contributed by atoms with Crippen LogP contribution in [0.2, 0.25) is 0 Å². The molecule has 1 amide bonds. The van der Waals surface area contributed by atoms with Crippen molar-refractivity contribution < 1.29 is 18.7 Å². The topological polar surface area (TPSA) is 59.9 Å². The molecule has 25 heavy (non-hydrogen) atoms. The van der Waals surface area contributed by atoms with Crippen molar-refractivity contribution >= 4 is 11.6 Å². The molecular weight excluding hydrogens is 323 g/mol. The Bertz CT molecular complexity index is 771. The predicted octanol–water partition coefficient (Wildman–Crippen LogP) is 3.78. The van der Waals surface area contributed by atoms with Gasteiger partial charge in [-0.05, 0) is 63.2 Å². The van der Waals surface area contributed by atoms with E-state index in [9.17, 15) is 9.18 Å². The average Bonchev–Trinajstić information content (AvgIpc) is 2.59. The summed E-state index contributed by atoms with van der Waals surface area (Å²) in [6.45, 7) is 5.54. The summed E-state index contributed by atoms with van der Waals surface area (Å²) in [6, 6.07) is 11.3. The molecule has 0 fully saturated rings. The van der Waals surface area contributed by atoms with E-state index >= 15 is 0 Å². The van der Waals surface area contributed by atoms with Crippen molar-refractivity contribution in [3.05, 3.63) is 59.4 Å². The zero-order chi connectivity index (χ0) is 18.4. The molecule has 0 atom stereocenters. The van der Waals surface area contributed by atoms with Gasteiger partial charge in [-0.3, -0.25) is 4.79 Å². The highest BCUT2D eigenvalue weighted by Gasteiger charge is 2.08. The third kappa shape index (κ3) is 5.04. The Labute approximate surface area is 146 Å².